The molecule has 0 amide bonds. The molecule has 17 heteroatoms. The quantitative estimate of drug-likeness (QED) is 0.218. The molecule has 0 aromatic rings. The molecule has 0 bridgehead atoms. The van der Waals surface area contributed by atoms with Crippen molar-refractivity contribution >= 4 is 42.7 Å². The Bertz CT molecular complexity index is 354. The van der Waals surface area contributed by atoms with Gasteiger partial charge in [0.25, 0.3) is 0 Å². The minimum Gasteiger partial charge on any atom is -0.342 e. The van der Waals surface area contributed by atoms with E-state index in [9.17, 15) is 0 Å². The van der Waals surface area contributed by atoms with Crippen LogP contribution in [0.15, 0.2) is 0 Å². The molecular formula is C6H27B6N11. The van der Waals surface area contributed by atoms with Crippen LogP contribution in [-0.4, -0.2) is 94.5 Å². The maximum Gasteiger partial charge on any atom is 0.378 e. The van der Waals surface area contributed by atoms with Gasteiger partial charge in [0, 0.05) is 0 Å². The van der Waals surface area contributed by atoms with Crippen LogP contribution in [0.5, 0.6) is 0 Å². The van der Waals surface area contributed by atoms with Crippen molar-refractivity contribution in [3.8, 4) is 0 Å². The van der Waals surface area contributed by atoms with Gasteiger partial charge in [0.15, 0.2) is 0 Å². The molecule has 2 fully saturated rings. The summed E-state index contributed by atoms with van der Waals surface area (Å²) in [6, 6.07) is 0. The van der Waals surface area contributed by atoms with Crippen molar-refractivity contribution in [3.63, 3.8) is 0 Å². The van der Waals surface area contributed by atoms with E-state index < -0.39 is 0 Å². The first-order chi connectivity index (χ1) is 11.0. The SMILES string of the molecule is CNB1NB(NC)NB(N(C)B2NB(NC)NB(N(C)C)N2)N1. The van der Waals surface area contributed by atoms with Gasteiger partial charge in [-0.05, 0) is 42.3 Å². The molecule has 0 aromatic heterocycles. The lowest BCUT2D eigenvalue weighted by molar-refractivity contribution is 0.610. The van der Waals surface area contributed by atoms with Crippen molar-refractivity contribution in [2.75, 3.05) is 42.3 Å². The van der Waals surface area contributed by atoms with Crippen molar-refractivity contribution in [1.29, 1.82) is 0 Å². The summed E-state index contributed by atoms with van der Waals surface area (Å²) in [5, 5.41) is 30.3. The van der Waals surface area contributed by atoms with Crippen LogP contribution in [0.1, 0.15) is 0 Å². The molecule has 0 aromatic carbocycles. The summed E-state index contributed by atoms with van der Waals surface area (Å²) in [5.74, 6) is 0. The first-order valence-electron chi connectivity index (χ1n) is 7.95. The fourth-order valence-electron chi connectivity index (χ4n) is 2.65. The fraction of sp³-hybridized carbons (Fsp3) is 1.00. The Morgan fingerprint density at radius 2 is 0.957 bits per heavy atom. The standard InChI is InChI=1S/C6H27B6N11/c1-13-7-16-8(14-2)19-11(18-7)23(6)12-20-9(15-3)17-10(21-12)22(4)5/h13-21H,1-6H3. The van der Waals surface area contributed by atoms with Gasteiger partial charge in [0.2, 0.25) is 0 Å². The van der Waals surface area contributed by atoms with Crippen molar-refractivity contribution in [1.82, 2.24) is 56.0 Å². The van der Waals surface area contributed by atoms with Gasteiger partial charge in [-0.15, -0.1) is 0 Å². The molecule has 0 spiro atoms. The van der Waals surface area contributed by atoms with Crippen LogP contribution < -0.4 is 46.5 Å². The molecule has 0 saturated carbocycles. The van der Waals surface area contributed by atoms with Crippen LogP contribution in [0.3, 0.4) is 0 Å². The summed E-state index contributed by atoms with van der Waals surface area (Å²) < 4.78 is 2.18. The van der Waals surface area contributed by atoms with Crippen LogP contribution in [0.2, 0.25) is 0 Å². The predicted octanol–water partition coefficient (Wildman–Crippen LogP) is -6.39. The fourth-order valence-corrected chi connectivity index (χ4v) is 2.65. The lowest BCUT2D eigenvalue weighted by Crippen LogP contribution is -2.90. The number of nitrogens with zero attached hydrogens (tertiary/aromatic N) is 2. The normalized spacial score (nSPS) is 20.3. The van der Waals surface area contributed by atoms with E-state index in [1.165, 1.54) is 0 Å². The zero-order chi connectivity index (χ0) is 17.0. The Hall–Kier alpha value is -0.0504. The molecule has 11 nitrogen and oxygen atoms in total. The molecular weight excluding hydrogens is 291 g/mol. The second-order valence-electron chi connectivity index (χ2n) is 6.00. The maximum absolute atomic E-state index is 3.53. The molecule has 0 unspecified atom stereocenters. The molecule has 23 heavy (non-hydrogen) atoms. The second kappa shape index (κ2) is 8.87. The highest BCUT2D eigenvalue weighted by atomic mass is 15.3. The van der Waals surface area contributed by atoms with Crippen LogP contribution >= 0.6 is 0 Å². The summed E-state index contributed by atoms with van der Waals surface area (Å²) in [5.41, 5.74) is 0. The molecule has 2 rings (SSSR count). The molecule has 124 valence electrons. The first kappa shape index (κ1) is 19.3. The third kappa shape index (κ3) is 4.96. The molecule has 2 aliphatic rings. The zero-order valence-corrected chi connectivity index (χ0v) is 14.9. The zero-order valence-electron chi connectivity index (χ0n) is 14.9. The first-order valence-corrected chi connectivity index (χ1v) is 7.95. The van der Waals surface area contributed by atoms with E-state index in [2.05, 4.69) is 63.1 Å². The van der Waals surface area contributed by atoms with Gasteiger partial charge in [0.1, 0.15) is 0 Å². The highest BCUT2D eigenvalue weighted by molar-refractivity contribution is 6.91. The Morgan fingerprint density at radius 1 is 0.565 bits per heavy atom. The average Bonchev–Trinajstić information content (AvgIpc) is 2.59. The number of hydrogen-bond acceptors (Lipinski definition) is 11. The van der Waals surface area contributed by atoms with Crippen LogP contribution in [0.25, 0.3) is 0 Å². The van der Waals surface area contributed by atoms with Gasteiger partial charge in [-0.1, -0.05) is 0 Å². The summed E-state index contributed by atoms with van der Waals surface area (Å²) >= 11 is 0. The van der Waals surface area contributed by atoms with Gasteiger partial charge >= 0.3 is 42.7 Å². The van der Waals surface area contributed by atoms with Gasteiger partial charge in [-0.25, -0.2) is 0 Å². The maximum atomic E-state index is 3.53. The van der Waals surface area contributed by atoms with E-state index in [-0.39, 0.29) is 42.7 Å². The van der Waals surface area contributed by atoms with Crippen LogP contribution in [0.4, 0.5) is 0 Å². The Kier molecular flexibility index (Phi) is 7.44. The highest BCUT2D eigenvalue weighted by Gasteiger charge is 2.45. The van der Waals surface area contributed by atoms with E-state index >= 15 is 0 Å². The monoisotopic (exact) mass is 319 g/mol. The third-order valence-electron chi connectivity index (χ3n) is 4.14. The van der Waals surface area contributed by atoms with Crippen molar-refractivity contribution in [2.45, 2.75) is 0 Å². The Labute approximate surface area is 141 Å². The molecule has 0 aliphatic carbocycles. The van der Waals surface area contributed by atoms with Crippen LogP contribution in [0, 0.1) is 0 Å². The van der Waals surface area contributed by atoms with Gasteiger partial charge in [0.05, 0.1) is 0 Å². The number of nitrogens with one attached hydrogen (secondary N) is 9. The second-order valence-corrected chi connectivity index (χ2v) is 6.00. The van der Waals surface area contributed by atoms with Crippen LogP contribution in [-0.2, 0) is 0 Å². The third-order valence-corrected chi connectivity index (χ3v) is 4.14. The largest absolute Gasteiger partial charge is 0.378 e. The molecule has 2 saturated heterocycles. The minimum atomic E-state index is -0.0328. The Morgan fingerprint density at radius 3 is 1.39 bits per heavy atom. The summed E-state index contributed by atoms with van der Waals surface area (Å²) in [6.07, 6.45) is 0. The molecule has 9 N–H and O–H groups in total. The summed E-state index contributed by atoms with van der Waals surface area (Å²) in [6.45, 7) is 0. The smallest absolute Gasteiger partial charge is 0.342 e. The number of hydrogen-bond donors (Lipinski definition) is 9. The lowest BCUT2D eigenvalue weighted by Gasteiger charge is -2.43. The molecule has 0 atom stereocenters. The van der Waals surface area contributed by atoms with E-state index in [0.717, 1.165) is 0 Å². The van der Waals surface area contributed by atoms with Gasteiger partial charge < -0.3 is 56.0 Å². The number of rotatable bonds is 6. The summed E-state index contributed by atoms with van der Waals surface area (Å²) in [7, 11) is 11.9. The molecule has 2 heterocycles. The molecule has 0 radical (unpaired) electrons. The molecule has 2 aliphatic heterocycles. The highest BCUT2D eigenvalue weighted by Crippen LogP contribution is 1.95. The lowest BCUT2D eigenvalue weighted by atomic mass is 9.56. The van der Waals surface area contributed by atoms with Gasteiger partial charge in [-0.2, -0.15) is 0 Å². The van der Waals surface area contributed by atoms with Crippen molar-refractivity contribution in [2.24, 2.45) is 0 Å². The van der Waals surface area contributed by atoms with E-state index in [1.54, 1.807) is 0 Å². The van der Waals surface area contributed by atoms with E-state index in [1.807, 2.05) is 35.2 Å². The van der Waals surface area contributed by atoms with Gasteiger partial charge in [-0.3, -0.25) is 0 Å². The van der Waals surface area contributed by atoms with Crippen molar-refractivity contribution in [3.05, 3.63) is 0 Å². The van der Waals surface area contributed by atoms with E-state index in [4.69, 9.17) is 0 Å². The predicted molar refractivity (Wildman–Crippen MR) is 102 cm³/mol. The van der Waals surface area contributed by atoms with Crippen molar-refractivity contribution < 1.29 is 0 Å². The average molecular weight is 318 g/mol. The minimum absolute atomic E-state index is 0.00704. The summed E-state index contributed by atoms with van der Waals surface area (Å²) in [4.78, 5) is 2.10. The topological polar surface area (TPSA) is 115 Å². The Balaban J connectivity index is 2.03. The van der Waals surface area contributed by atoms with E-state index in [0.29, 0.717) is 0 Å².